The Morgan fingerprint density at radius 2 is 1.97 bits per heavy atom. The van der Waals surface area contributed by atoms with Crippen LogP contribution in [0.1, 0.15) is 37.3 Å². The van der Waals surface area contributed by atoms with Crippen molar-refractivity contribution in [3.63, 3.8) is 0 Å². The van der Waals surface area contributed by atoms with Crippen molar-refractivity contribution in [1.82, 2.24) is 14.1 Å². The number of halogens is 1. The Morgan fingerprint density at radius 3 is 2.66 bits per heavy atom. The Balaban J connectivity index is 1.41. The van der Waals surface area contributed by atoms with Gasteiger partial charge < -0.3 is 10.1 Å². The third-order valence-electron chi connectivity index (χ3n) is 6.26. The van der Waals surface area contributed by atoms with Crippen LogP contribution in [0.3, 0.4) is 0 Å². The van der Waals surface area contributed by atoms with E-state index in [2.05, 4.69) is 10.4 Å². The molecule has 1 atom stereocenters. The lowest BCUT2D eigenvalue weighted by Gasteiger charge is -2.32. The van der Waals surface area contributed by atoms with E-state index in [-0.39, 0.29) is 16.6 Å². The number of sulfonamides is 1. The molecule has 1 N–H and O–H groups in total. The number of anilines is 1. The summed E-state index contributed by atoms with van der Waals surface area (Å²) in [6, 6.07) is 6.79. The molecule has 0 unspecified atom stereocenters. The Kier molecular flexibility index (Phi) is 7.19. The van der Waals surface area contributed by atoms with Gasteiger partial charge >= 0.3 is 0 Å². The minimum atomic E-state index is -3.56. The third-order valence-corrected chi connectivity index (χ3v) is 8.68. The maximum atomic E-state index is 13.0. The fraction of sp³-hybridized carbons (Fsp3) is 0.545. The van der Waals surface area contributed by atoms with Gasteiger partial charge in [-0.1, -0.05) is 29.8 Å². The number of nitrogens with one attached hydrogen (secondary N) is 1. The van der Waals surface area contributed by atoms with Crippen LogP contribution >= 0.6 is 11.6 Å². The number of nitrogens with zero attached hydrogens (tertiary/aromatic N) is 3. The molecule has 174 valence electrons. The zero-order valence-electron chi connectivity index (χ0n) is 18.2. The van der Waals surface area contributed by atoms with Crippen LogP contribution in [0.4, 0.5) is 5.69 Å². The topological polar surface area (TPSA) is 93.5 Å². The van der Waals surface area contributed by atoms with Gasteiger partial charge in [0.05, 0.1) is 29.4 Å². The van der Waals surface area contributed by atoms with Crippen molar-refractivity contribution in [1.29, 1.82) is 0 Å². The van der Waals surface area contributed by atoms with E-state index in [0.717, 1.165) is 25.0 Å². The maximum absolute atomic E-state index is 13.0. The van der Waals surface area contributed by atoms with Crippen LogP contribution in [-0.4, -0.2) is 55.4 Å². The molecular weight excluding hydrogens is 452 g/mol. The van der Waals surface area contributed by atoms with Gasteiger partial charge in [0.25, 0.3) is 5.56 Å². The summed E-state index contributed by atoms with van der Waals surface area (Å²) in [4.78, 5) is 13.2. The fourth-order valence-electron chi connectivity index (χ4n) is 4.36. The molecule has 2 aliphatic rings. The summed E-state index contributed by atoms with van der Waals surface area (Å²) in [6.45, 7) is 4.64. The fourth-order valence-corrected chi connectivity index (χ4v) is 6.26. The molecule has 0 bridgehead atoms. The molecule has 8 nitrogen and oxygen atoms in total. The van der Waals surface area contributed by atoms with Gasteiger partial charge in [0.1, 0.15) is 5.02 Å². The Bertz CT molecular complexity index is 1110. The van der Waals surface area contributed by atoms with Crippen molar-refractivity contribution < 1.29 is 13.2 Å². The highest BCUT2D eigenvalue weighted by molar-refractivity contribution is 7.89. The molecule has 3 heterocycles. The molecule has 1 aromatic heterocycles. The molecule has 2 fully saturated rings. The summed E-state index contributed by atoms with van der Waals surface area (Å²) in [7, 11) is -3.56. The highest BCUT2D eigenvalue weighted by Crippen LogP contribution is 2.28. The normalized spacial score (nSPS) is 20.9. The molecule has 0 saturated carbocycles. The lowest BCUT2D eigenvalue weighted by molar-refractivity contribution is 0.0595. The van der Waals surface area contributed by atoms with E-state index < -0.39 is 10.0 Å². The largest absolute Gasteiger partial charge is 0.382 e. The predicted molar refractivity (Wildman–Crippen MR) is 124 cm³/mol. The van der Waals surface area contributed by atoms with Gasteiger partial charge in [-0.15, -0.1) is 0 Å². The smallest absolute Gasteiger partial charge is 0.287 e. The second-order valence-electron chi connectivity index (χ2n) is 8.49. The van der Waals surface area contributed by atoms with E-state index >= 15 is 0 Å². The first-order valence-electron chi connectivity index (χ1n) is 11.0. The van der Waals surface area contributed by atoms with Crippen molar-refractivity contribution in [3.8, 4) is 0 Å². The van der Waals surface area contributed by atoms with Gasteiger partial charge in [0.2, 0.25) is 10.0 Å². The number of aryl methyl sites for hydroxylation is 1. The Hall–Kier alpha value is -1.94. The summed E-state index contributed by atoms with van der Waals surface area (Å²) < 4.78 is 34.4. The predicted octanol–water partition coefficient (Wildman–Crippen LogP) is 3.07. The van der Waals surface area contributed by atoms with Crippen LogP contribution in [0.25, 0.3) is 0 Å². The first-order chi connectivity index (χ1) is 15.4. The zero-order valence-corrected chi connectivity index (χ0v) is 19.7. The van der Waals surface area contributed by atoms with Crippen LogP contribution < -0.4 is 10.9 Å². The number of rotatable bonds is 6. The first kappa shape index (κ1) is 23.2. The van der Waals surface area contributed by atoms with Crippen molar-refractivity contribution in [2.45, 2.75) is 43.5 Å². The van der Waals surface area contributed by atoms with Gasteiger partial charge in [-0.05, 0) is 50.2 Å². The number of hydrogen-bond donors (Lipinski definition) is 1. The van der Waals surface area contributed by atoms with Gasteiger partial charge in [0.15, 0.2) is 0 Å². The summed E-state index contributed by atoms with van der Waals surface area (Å²) in [5, 5.41) is 7.69. The quantitative estimate of drug-likeness (QED) is 0.683. The molecule has 0 aliphatic carbocycles. The number of aromatic nitrogens is 2. The van der Waals surface area contributed by atoms with Gasteiger partial charge in [0, 0.05) is 26.2 Å². The summed E-state index contributed by atoms with van der Waals surface area (Å²) in [6.07, 6.45) is 4.71. The average molecular weight is 481 g/mol. The zero-order chi connectivity index (χ0) is 22.7. The summed E-state index contributed by atoms with van der Waals surface area (Å²) in [5.41, 5.74) is 0.900. The number of ether oxygens (including phenoxy) is 1. The molecule has 2 aromatic rings. The molecule has 0 radical (unpaired) electrons. The first-order valence-corrected chi connectivity index (χ1v) is 12.8. The lowest BCUT2D eigenvalue weighted by Crippen LogP contribution is -2.41. The molecule has 0 spiro atoms. The van der Waals surface area contributed by atoms with Gasteiger partial charge in [-0.25, -0.2) is 13.1 Å². The lowest BCUT2D eigenvalue weighted by atomic mass is 10.0. The van der Waals surface area contributed by atoms with Crippen molar-refractivity contribution >= 4 is 27.3 Å². The molecule has 4 rings (SSSR count). The highest BCUT2D eigenvalue weighted by Gasteiger charge is 2.32. The van der Waals surface area contributed by atoms with Gasteiger partial charge in [-0.2, -0.15) is 9.40 Å². The SMILES string of the molecule is Cc1ccccc1S(=O)(=O)N1CCC(n2ncc(NC[C@@H]3CCCOC3)c(Cl)c2=O)CC1. The molecule has 10 heteroatoms. The maximum Gasteiger partial charge on any atom is 0.287 e. The van der Waals surface area contributed by atoms with Crippen LogP contribution in [0, 0.1) is 12.8 Å². The number of hydrogen-bond acceptors (Lipinski definition) is 6. The van der Waals surface area contributed by atoms with Crippen LogP contribution in [0.5, 0.6) is 0 Å². The second kappa shape index (κ2) is 9.91. The molecule has 2 aliphatic heterocycles. The van der Waals surface area contributed by atoms with Crippen molar-refractivity contribution in [2.24, 2.45) is 5.92 Å². The average Bonchev–Trinajstić information content (AvgIpc) is 2.81. The monoisotopic (exact) mass is 480 g/mol. The van der Waals surface area contributed by atoms with E-state index in [1.54, 1.807) is 31.3 Å². The van der Waals surface area contributed by atoms with Crippen LogP contribution in [-0.2, 0) is 14.8 Å². The molecular formula is C22H29ClN4O4S. The Labute approximate surface area is 193 Å². The Morgan fingerprint density at radius 1 is 1.22 bits per heavy atom. The minimum Gasteiger partial charge on any atom is -0.382 e. The number of benzene rings is 1. The summed E-state index contributed by atoms with van der Waals surface area (Å²) in [5.74, 6) is 0.391. The summed E-state index contributed by atoms with van der Waals surface area (Å²) >= 11 is 6.36. The molecule has 0 amide bonds. The van der Waals surface area contributed by atoms with E-state index in [1.165, 1.54) is 8.99 Å². The molecule has 32 heavy (non-hydrogen) atoms. The highest BCUT2D eigenvalue weighted by atomic mass is 35.5. The van der Waals surface area contributed by atoms with E-state index in [4.69, 9.17) is 16.3 Å². The molecule has 2 saturated heterocycles. The minimum absolute atomic E-state index is 0.117. The van der Waals surface area contributed by atoms with E-state index in [9.17, 15) is 13.2 Å². The third kappa shape index (κ3) is 4.85. The second-order valence-corrected chi connectivity index (χ2v) is 10.8. The van der Waals surface area contributed by atoms with E-state index in [0.29, 0.717) is 55.6 Å². The van der Waals surface area contributed by atoms with Crippen molar-refractivity contribution in [3.05, 3.63) is 51.4 Å². The van der Waals surface area contributed by atoms with E-state index in [1.807, 2.05) is 6.07 Å². The van der Waals surface area contributed by atoms with Crippen molar-refractivity contribution in [2.75, 3.05) is 38.2 Å². The van der Waals surface area contributed by atoms with Crippen LogP contribution in [0.2, 0.25) is 5.02 Å². The molecule has 1 aromatic carbocycles. The standard InChI is InChI=1S/C22H29ClN4O4S/c1-16-5-2-3-7-20(16)32(29,30)26-10-8-18(9-11-26)27-22(28)21(23)19(14-25-27)24-13-17-6-4-12-31-15-17/h2-3,5,7,14,17-18,24H,4,6,8-13,15H2,1H3/t17-/m0/s1. The number of piperidine rings is 1. The van der Waals surface area contributed by atoms with Gasteiger partial charge in [-0.3, -0.25) is 4.79 Å². The van der Waals surface area contributed by atoms with Crippen LogP contribution in [0.15, 0.2) is 40.2 Å².